The second-order valence-electron chi connectivity index (χ2n) is 6.30. The summed E-state index contributed by atoms with van der Waals surface area (Å²) in [6.07, 6.45) is 11.5. The fraction of sp³-hybridized carbons (Fsp3) is 0.733. The van der Waals surface area contributed by atoms with E-state index >= 15 is 0 Å². The van der Waals surface area contributed by atoms with Crippen LogP contribution < -0.4 is 0 Å². The third-order valence-electron chi connectivity index (χ3n) is 4.91. The summed E-state index contributed by atoms with van der Waals surface area (Å²) in [7, 11) is 0. The Balaban J connectivity index is 1.58. The first kappa shape index (κ1) is 14.0. The minimum Gasteiger partial charge on any atom is -0.342 e. The molecule has 2 fully saturated rings. The number of aromatic nitrogens is 2. The number of carbonyl (C=O) groups is 1. The van der Waals surface area contributed by atoms with E-state index in [1.54, 1.807) is 11.8 Å². The number of likely N-dealkylation sites (tertiary alicyclic amines) is 1. The van der Waals surface area contributed by atoms with Gasteiger partial charge in [0.1, 0.15) is 0 Å². The molecule has 0 atom stereocenters. The average Bonchev–Trinajstić information content (AvgIpc) is 2.93. The van der Waals surface area contributed by atoms with Gasteiger partial charge in [-0.3, -0.25) is 9.48 Å². The van der Waals surface area contributed by atoms with Crippen LogP contribution in [0.2, 0.25) is 0 Å². The van der Waals surface area contributed by atoms with Gasteiger partial charge in [0, 0.05) is 29.6 Å². The second-order valence-corrected chi connectivity index (χ2v) is 7.18. The van der Waals surface area contributed by atoms with Crippen molar-refractivity contribution in [2.75, 3.05) is 19.3 Å². The van der Waals surface area contributed by atoms with E-state index < -0.39 is 0 Å². The Bertz CT molecular complexity index is 487. The summed E-state index contributed by atoms with van der Waals surface area (Å²) in [5.74, 6) is 0.382. The van der Waals surface area contributed by atoms with Gasteiger partial charge in [0.2, 0.25) is 5.91 Å². The van der Waals surface area contributed by atoms with Crippen molar-refractivity contribution in [3.05, 3.63) is 12.4 Å². The van der Waals surface area contributed by atoms with Crippen LogP contribution in [0.25, 0.3) is 0 Å². The molecule has 20 heavy (non-hydrogen) atoms. The Morgan fingerprint density at radius 2 is 2.10 bits per heavy atom. The molecule has 4 nitrogen and oxygen atoms in total. The van der Waals surface area contributed by atoms with Crippen LogP contribution in [-0.4, -0.2) is 39.9 Å². The maximum Gasteiger partial charge on any atom is 0.228 e. The normalized spacial score (nSPS) is 22.6. The van der Waals surface area contributed by atoms with E-state index in [0.29, 0.717) is 11.9 Å². The van der Waals surface area contributed by atoms with Crippen molar-refractivity contribution in [3.8, 4) is 0 Å². The molecule has 1 aliphatic heterocycles. The van der Waals surface area contributed by atoms with Gasteiger partial charge in [0.25, 0.3) is 0 Å². The van der Waals surface area contributed by atoms with Gasteiger partial charge in [-0.15, -0.1) is 11.8 Å². The largest absolute Gasteiger partial charge is 0.342 e. The van der Waals surface area contributed by atoms with Gasteiger partial charge < -0.3 is 4.90 Å². The number of amides is 1. The van der Waals surface area contributed by atoms with Crippen LogP contribution in [0.15, 0.2) is 17.3 Å². The summed E-state index contributed by atoms with van der Waals surface area (Å²) < 4.78 is 2.08. The van der Waals surface area contributed by atoms with E-state index in [-0.39, 0.29) is 5.41 Å². The quantitative estimate of drug-likeness (QED) is 0.804. The summed E-state index contributed by atoms with van der Waals surface area (Å²) in [5, 5.41) is 4.45. The summed E-state index contributed by atoms with van der Waals surface area (Å²) >= 11 is 1.73. The van der Waals surface area contributed by atoms with Gasteiger partial charge >= 0.3 is 0 Å². The highest BCUT2D eigenvalue weighted by atomic mass is 32.2. The van der Waals surface area contributed by atoms with Crippen molar-refractivity contribution in [1.29, 1.82) is 0 Å². The first-order chi connectivity index (χ1) is 9.62. The Labute approximate surface area is 124 Å². The molecule has 1 saturated heterocycles. The molecule has 0 N–H and O–H groups in total. The molecule has 0 spiro atoms. The highest BCUT2D eigenvalue weighted by molar-refractivity contribution is 7.98. The van der Waals surface area contributed by atoms with Crippen LogP contribution in [0.5, 0.6) is 0 Å². The number of carbonyl (C=O) groups excluding carboxylic acids is 1. The molecule has 0 bridgehead atoms. The Kier molecular flexibility index (Phi) is 3.80. The number of nitrogens with zero attached hydrogens (tertiary/aromatic N) is 3. The van der Waals surface area contributed by atoms with Gasteiger partial charge in [-0.2, -0.15) is 5.10 Å². The molecule has 1 amide bonds. The molecule has 2 heterocycles. The predicted octanol–water partition coefficient (Wildman–Crippen LogP) is 2.96. The fourth-order valence-corrected chi connectivity index (χ4v) is 3.63. The number of piperidine rings is 1. The SMILES string of the molecule is CSc1cnn(C2CCN(C(=O)C3(C)CCC3)CC2)c1. The second kappa shape index (κ2) is 5.43. The zero-order valence-corrected chi connectivity index (χ0v) is 13.2. The smallest absolute Gasteiger partial charge is 0.228 e. The van der Waals surface area contributed by atoms with E-state index in [4.69, 9.17) is 0 Å². The number of hydrogen-bond acceptors (Lipinski definition) is 3. The highest BCUT2D eigenvalue weighted by Crippen LogP contribution is 2.42. The fourth-order valence-electron chi connectivity index (χ4n) is 3.26. The van der Waals surface area contributed by atoms with Gasteiger partial charge in [0.05, 0.1) is 12.2 Å². The van der Waals surface area contributed by atoms with Crippen molar-refractivity contribution >= 4 is 17.7 Å². The molecule has 1 aliphatic carbocycles. The lowest BCUT2D eigenvalue weighted by Crippen LogP contribution is -2.49. The third kappa shape index (κ3) is 2.48. The maximum atomic E-state index is 12.5. The van der Waals surface area contributed by atoms with Crippen molar-refractivity contribution < 1.29 is 4.79 Å². The molecule has 110 valence electrons. The lowest BCUT2D eigenvalue weighted by atomic mass is 9.69. The van der Waals surface area contributed by atoms with Gasteiger partial charge in [-0.1, -0.05) is 13.3 Å². The lowest BCUT2D eigenvalue weighted by molar-refractivity contribution is -0.147. The van der Waals surface area contributed by atoms with E-state index in [2.05, 4.69) is 34.1 Å². The zero-order valence-electron chi connectivity index (χ0n) is 12.3. The highest BCUT2D eigenvalue weighted by Gasteiger charge is 2.42. The van der Waals surface area contributed by atoms with Gasteiger partial charge in [-0.25, -0.2) is 0 Å². The maximum absolute atomic E-state index is 12.5. The molecular weight excluding hydrogens is 270 g/mol. The molecule has 1 saturated carbocycles. The molecule has 1 aromatic heterocycles. The van der Waals surface area contributed by atoms with Gasteiger partial charge in [-0.05, 0) is 31.9 Å². The van der Waals surface area contributed by atoms with Crippen LogP contribution in [0.1, 0.15) is 45.1 Å². The Hall–Kier alpha value is -0.970. The van der Waals surface area contributed by atoms with Crippen LogP contribution >= 0.6 is 11.8 Å². The van der Waals surface area contributed by atoms with Crippen molar-refractivity contribution in [3.63, 3.8) is 0 Å². The first-order valence-corrected chi connectivity index (χ1v) is 8.72. The molecule has 2 aliphatic rings. The predicted molar refractivity (Wildman–Crippen MR) is 80.8 cm³/mol. The van der Waals surface area contributed by atoms with Crippen LogP contribution in [0.3, 0.4) is 0 Å². The molecule has 0 aromatic carbocycles. The van der Waals surface area contributed by atoms with Crippen molar-refractivity contribution in [1.82, 2.24) is 14.7 Å². The molecule has 3 rings (SSSR count). The molecule has 0 radical (unpaired) electrons. The molecule has 5 heteroatoms. The number of rotatable bonds is 3. The lowest BCUT2D eigenvalue weighted by Gasteiger charge is -2.43. The van der Waals surface area contributed by atoms with Crippen molar-refractivity contribution in [2.24, 2.45) is 5.41 Å². The van der Waals surface area contributed by atoms with Crippen LogP contribution in [0.4, 0.5) is 0 Å². The third-order valence-corrected chi connectivity index (χ3v) is 5.59. The summed E-state index contributed by atoms with van der Waals surface area (Å²) in [5.41, 5.74) is -0.0510. The molecular formula is C15H23N3OS. The minimum atomic E-state index is -0.0510. The standard InChI is InChI=1S/C15H23N3OS/c1-15(6-3-7-15)14(19)17-8-4-12(5-9-17)18-11-13(20-2)10-16-18/h10-12H,3-9H2,1-2H3. The first-order valence-electron chi connectivity index (χ1n) is 7.50. The zero-order chi connectivity index (χ0) is 14.2. The van der Waals surface area contributed by atoms with Crippen molar-refractivity contribution in [2.45, 2.75) is 50.0 Å². The van der Waals surface area contributed by atoms with Gasteiger partial charge in [0.15, 0.2) is 0 Å². The van der Waals surface area contributed by atoms with Crippen LogP contribution in [0, 0.1) is 5.41 Å². The summed E-state index contributed by atoms with van der Waals surface area (Å²) in [4.78, 5) is 15.8. The van der Waals surface area contributed by atoms with E-state index in [1.165, 1.54) is 11.3 Å². The summed E-state index contributed by atoms with van der Waals surface area (Å²) in [6, 6.07) is 0.453. The molecule has 1 aromatic rings. The molecule has 0 unspecified atom stereocenters. The topological polar surface area (TPSA) is 38.1 Å². The number of hydrogen-bond donors (Lipinski definition) is 0. The number of thioether (sulfide) groups is 1. The van der Waals surface area contributed by atoms with E-state index in [0.717, 1.165) is 38.8 Å². The minimum absolute atomic E-state index is 0.0510. The summed E-state index contributed by atoms with van der Waals surface area (Å²) in [6.45, 7) is 3.89. The monoisotopic (exact) mass is 293 g/mol. The Morgan fingerprint density at radius 3 is 2.60 bits per heavy atom. The Morgan fingerprint density at radius 1 is 1.40 bits per heavy atom. The van der Waals surface area contributed by atoms with Crippen LogP contribution in [-0.2, 0) is 4.79 Å². The average molecular weight is 293 g/mol. The van der Waals surface area contributed by atoms with E-state index in [9.17, 15) is 4.79 Å². The van der Waals surface area contributed by atoms with E-state index in [1.807, 2.05) is 6.20 Å².